The highest BCUT2D eigenvalue weighted by Crippen LogP contribution is 2.28. The lowest BCUT2D eigenvalue weighted by molar-refractivity contribution is -0.327. The Labute approximate surface area is 166 Å². The van der Waals surface area contributed by atoms with E-state index in [2.05, 4.69) is 10.6 Å². The van der Waals surface area contributed by atoms with Gasteiger partial charge in [-0.25, -0.2) is 0 Å². The first-order valence-corrected chi connectivity index (χ1v) is 9.05. The Bertz CT molecular complexity index is 579. The van der Waals surface area contributed by atoms with E-state index in [-0.39, 0.29) is 0 Å². The highest BCUT2D eigenvalue weighted by Gasteiger charge is 2.51. The highest BCUT2D eigenvalue weighted by molar-refractivity contribution is 5.73. The van der Waals surface area contributed by atoms with Crippen LogP contribution in [0.2, 0.25) is 0 Å². The van der Waals surface area contributed by atoms with Crippen LogP contribution in [0.5, 0.6) is 0 Å². The second-order valence-corrected chi connectivity index (χ2v) is 7.00. The molecular weight excluding hydrogens is 396 g/mol. The van der Waals surface area contributed by atoms with E-state index in [1.807, 2.05) is 0 Å². The number of rotatable bonds is 6. The van der Waals surface area contributed by atoms with Crippen molar-refractivity contribution in [3.05, 3.63) is 0 Å². The Kier molecular flexibility index (Phi) is 8.28. The van der Waals surface area contributed by atoms with Gasteiger partial charge in [0.15, 0.2) is 12.6 Å². The Morgan fingerprint density at radius 2 is 1.38 bits per heavy atom. The van der Waals surface area contributed by atoms with Crippen LogP contribution in [0, 0.1) is 0 Å². The molecule has 168 valence electrons. The molecule has 2 heterocycles. The van der Waals surface area contributed by atoms with Crippen molar-refractivity contribution in [2.45, 2.75) is 75.1 Å². The summed E-state index contributed by atoms with van der Waals surface area (Å²) in [4.78, 5) is 22.8. The van der Waals surface area contributed by atoms with E-state index in [4.69, 9.17) is 14.2 Å². The molecule has 0 unspecified atom stereocenters. The number of amides is 2. The number of nitrogens with one attached hydrogen (secondary N) is 2. The second-order valence-electron chi connectivity index (χ2n) is 7.00. The third-order valence-corrected chi connectivity index (χ3v) is 4.78. The zero-order chi connectivity index (χ0) is 21.9. The van der Waals surface area contributed by atoms with E-state index in [9.17, 15) is 40.2 Å². The molecule has 2 saturated heterocycles. The molecule has 10 atom stereocenters. The van der Waals surface area contributed by atoms with Crippen molar-refractivity contribution in [1.29, 1.82) is 0 Å². The molecule has 13 nitrogen and oxygen atoms in total. The minimum atomic E-state index is -1.64. The second kappa shape index (κ2) is 10.1. The first kappa shape index (κ1) is 23.9. The summed E-state index contributed by atoms with van der Waals surface area (Å²) in [6, 6.07) is -2.59. The lowest BCUT2D eigenvalue weighted by Crippen LogP contribution is -2.69. The van der Waals surface area contributed by atoms with Crippen LogP contribution in [0.4, 0.5) is 0 Å². The predicted molar refractivity (Wildman–Crippen MR) is 91.8 cm³/mol. The summed E-state index contributed by atoms with van der Waals surface area (Å²) < 4.78 is 16.3. The minimum absolute atomic E-state index is 0.568. The van der Waals surface area contributed by atoms with E-state index in [0.717, 1.165) is 13.8 Å². The van der Waals surface area contributed by atoms with Gasteiger partial charge in [-0.1, -0.05) is 0 Å². The maximum Gasteiger partial charge on any atom is 0.217 e. The summed E-state index contributed by atoms with van der Waals surface area (Å²) in [6.45, 7) is 0.962. The van der Waals surface area contributed by atoms with Gasteiger partial charge in [0.05, 0.1) is 13.2 Å². The fourth-order valence-electron chi connectivity index (χ4n) is 3.38. The van der Waals surface area contributed by atoms with Crippen molar-refractivity contribution in [3.8, 4) is 0 Å². The van der Waals surface area contributed by atoms with Crippen LogP contribution in [-0.4, -0.2) is 117 Å². The Morgan fingerprint density at radius 3 is 1.90 bits per heavy atom. The van der Waals surface area contributed by atoms with E-state index < -0.39 is 86.3 Å². The predicted octanol–water partition coefficient (Wildman–Crippen LogP) is -5.11. The topological polar surface area (TPSA) is 207 Å². The van der Waals surface area contributed by atoms with Gasteiger partial charge in [0.25, 0.3) is 0 Å². The van der Waals surface area contributed by atoms with Gasteiger partial charge >= 0.3 is 0 Å². The number of hydrogen-bond acceptors (Lipinski definition) is 11. The molecule has 0 aromatic carbocycles. The van der Waals surface area contributed by atoms with Crippen LogP contribution < -0.4 is 10.6 Å². The van der Waals surface area contributed by atoms with Crippen molar-refractivity contribution >= 4 is 11.8 Å². The third-order valence-electron chi connectivity index (χ3n) is 4.78. The standard InChI is InChI=1S/C16H28N2O11/c1-5(21)17-9-13(25)14(8(4-20)27-15(9)26)29-16-10(18-6(2)22)12(24)11(23)7(3-19)28-16/h7-16,19-20,23-26H,3-4H2,1-2H3,(H,17,21)(H,18,22)/t7-,8-,9-,10-,11+,12-,13-,14-,15+,16+/m1/s1. The fourth-order valence-corrected chi connectivity index (χ4v) is 3.38. The molecular formula is C16H28N2O11. The molecule has 0 radical (unpaired) electrons. The molecule has 2 amide bonds. The van der Waals surface area contributed by atoms with Crippen LogP contribution in [0.15, 0.2) is 0 Å². The van der Waals surface area contributed by atoms with Crippen molar-refractivity contribution < 1.29 is 54.4 Å². The van der Waals surface area contributed by atoms with Crippen molar-refractivity contribution in [2.24, 2.45) is 0 Å². The lowest BCUT2D eigenvalue weighted by atomic mass is 9.94. The van der Waals surface area contributed by atoms with E-state index >= 15 is 0 Å². The molecule has 2 rings (SSSR count). The molecule has 0 aliphatic carbocycles. The molecule has 0 aromatic rings. The average molecular weight is 424 g/mol. The molecule has 29 heavy (non-hydrogen) atoms. The fraction of sp³-hybridized carbons (Fsp3) is 0.875. The summed E-state index contributed by atoms with van der Waals surface area (Å²) >= 11 is 0. The van der Waals surface area contributed by atoms with Crippen LogP contribution in [-0.2, 0) is 23.8 Å². The Balaban J connectivity index is 2.26. The monoisotopic (exact) mass is 424 g/mol. The summed E-state index contributed by atoms with van der Waals surface area (Å²) in [6.07, 6.45) is -11.7. The molecule has 2 aliphatic heterocycles. The van der Waals surface area contributed by atoms with Crippen LogP contribution in [0.25, 0.3) is 0 Å². The molecule has 13 heteroatoms. The molecule has 0 bridgehead atoms. The minimum Gasteiger partial charge on any atom is -0.394 e. The first-order chi connectivity index (χ1) is 13.6. The summed E-state index contributed by atoms with van der Waals surface area (Å²) in [5, 5.41) is 64.5. The number of ether oxygens (including phenoxy) is 3. The number of aliphatic hydroxyl groups excluding tert-OH is 6. The normalized spacial score (nSPS) is 42.9. The van der Waals surface area contributed by atoms with E-state index in [1.54, 1.807) is 0 Å². The van der Waals surface area contributed by atoms with Crippen LogP contribution >= 0.6 is 0 Å². The number of aliphatic hydroxyl groups is 6. The number of hydrogen-bond donors (Lipinski definition) is 8. The van der Waals surface area contributed by atoms with Gasteiger partial charge in [0, 0.05) is 13.8 Å². The molecule has 0 aromatic heterocycles. The zero-order valence-electron chi connectivity index (χ0n) is 15.9. The smallest absolute Gasteiger partial charge is 0.217 e. The molecule has 8 N–H and O–H groups in total. The summed E-state index contributed by atoms with van der Waals surface area (Å²) in [5.41, 5.74) is 0. The van der Waals surface area contributed by atoms with Gasteiger partial charge in [-0.15, -0.1) is 0 Å². The van der Waals surface area contributed by atoms with Crippen molar-refractivity contribution in [1.82, 2.24) is 10.6 Å². The first-order valence-electron chi connectivity index (χ1n) is 9.05. The zero-order valence-corrected chi connectivity index (χ0v) is 15.9. The van der Waals surface area contributed by atoms with Gasteiger partial charge in [0.1, 0.15) is 48.7 Å². The summed E-state index contributed by atoms with van der Waals surface area (Å²) in [5.74, 6) is -1.14. The lowest BCUT2D eigenvalue weighted by Gasteiger charge is -2.47. The molecule has 0 spiro atoms. The molecule has 2 fully saturated rings. The van der Waals surface area contributed by atoms with Gasteiger partial charge in [-0.3, -0.25) is 9.59 Å². The molecule has 2 aliphatic rings. The Hall–Kier alpha value is -1.42. The quantitative estimate of drug-likeness (QED) is 0.202. The number of carbonyl (C=O) groups excluding carboxylic acids is 2. The van der Waals surface area contributed by atoms with Gasteiger partial charge in [-0.2, -0.15) is 0 Å². The largest absolute Gasteiger partial charge is 0.394 e. The maximum absolute atomic E-state index is 11.5. The van der Waals surface area contributed by atoms with Crippen molar-refractivity contribution in [3.63, 3.8) is 0 Å². The van der Waals surface area contributed by atoms with E-state index in [0.29, 0.717) is 0 Å². The van der Waals surface area contributed by atoms with Crippen molar-refractivity contribution in [2.75, 3.05) is 13.2 Å². The summed E-state index contributed by atoms with van der Waals surface area (Å²) in [7, 11) is 0. The Morgan fingerprint density at radius 1 is 0.828 bits per heavy atom. The number of carbonyl (C=O) groups is 2. The van der Waals surface area contributed by atoms with Gasteiger partial charge < -0.3 is 55.5 Å². The SMILES string of the molecule is CC(=O)N[C@@H]1[C@@H](O)[C@H](O[C@@H]2O[C@H](CO)[C@H](O)[C@H](O)[C@H]2NC(C)=O)[C@@H](CO)O[C@@H]1O. The van der Waals surface area contributed by atoms with Gasteiger partial charge in [-0.05, 0) is 0 Å². The molecule has 0 saturated carbocycles. The van der Waals surface area contributed by atoms with Crippen LogP contribution in [0.3, 0.4) is 0 Å². The van der Waals surface area contributed by atoms with Gasteiger partial charge in [0.2, 0.25) is 11.8 Å². The third kappa shape index (κ3) is 5.39. The highest BCUT2D eigenvalue weighted by atomic mass is 16.7. The van der Waals surface area contributed by atoms with E-state index in [1.165, 1.54) is 0 Å². The maximum atomic E-state index is 11.5. The average Bonchev–Trinajstić information content (AvgIpc) is 2.65. The van der Waals surface area contributed by atoms with Crippen LogP contribution in [0.1, 0.15) is 13.8 Å².